The molecule has 13 aromatic rings. The highest BCUT2D eigenvalue weighted by Gasteiger charge is 2.48. The zero-order valence-electron chi connectivity index (χ0n) is 46.3. The molecule has 0 bridgehead atoms. The second-order valence-electron chi connectivity index (χ2n) is 24.3. The van der Waals surface area contributed by atoms with E-state index >= 15 is 0 Å². The van der Waals surface area contributed by atoms with E-state index in [-0.39, 0.29) is 23.5 Å². The lowest BCUT2D eigenvalue weighted by atomic mass is 9.39. The monoisotopic (exact) mass is 1100 g/mol. The van der Waals surface area contributed by atoms with Gasteiger partial charge < -0.3 is 9.80 Å². The minimum Gasteiger partial charge on any atom is -0.309 e. The van der Waals surface area contributed by atoms with Gasteiger partial charge in [0.25, 0.3) is 6.71 Å². The summed E-state index contributed by atoms with van der Waals surface area (Å²) < 4.78 is 8.03. The first-order valence-corrected chi connectivity index (χ1v) is 31.4. The molecule has 80 heavy (non-hydrogen) atoms. The zero-order chi connectivity index (χ0) is 54.3. The van der Waals surface area contributed by atoms with Gasteiger partial charge in [-0.3, -0.25) is 0 Å². The highest BCUT2D eigenvalue weighted by Crippen LogP contribution is 2.55. The Morgan fingerprint density at radius 1 is 0.375 bits per heavy atom. The Kier molecular flexibility index (Phi) is 11.5. The van der Waals surface area contributed by atoms with E-state index < -0.39 is 0 Å². The van der Waals surface area contributed by atoms with E-state index in [2.05, 4.69) is 270 Å². The Hall–Kier alpha value is -7.52. The van der Waals surface area contributed by atoms with E-state index in [0.29, 0.717) is 0 Å². The third-order valence-corrected chi connectivity index (χ3v) is 21.3. The lowest BCUT2D eigenvalue weighted by Gasteiger charge is -2.43. The van der Waals surface area contributed by atoms with Gasteiger partial charge in [-0.1, -0.05) is 189 Å². The van der Waals surface area contributed by atoms with Gasteiger partial charge in [0.2, 0.25) is 0 Å². The van der Waals surface area contributed by atoms with Gasteiger partial charge in [0.15, 0.2) is 0 Å². The molecular formula is C73H59BN2S4. The maximum Gasteiger partial charge on any atom is 0.277 e. The zero-order valence-corrected chi connectivity index (χ0v) is 49.6. The van der Waals surface area contributed by atoms with Crippen LogP contribution in [-0.2, 0) is 10.8 Å². The fourth-order valence-corrected chi connectivity index (χ4v) is 17.2. The number of benzene rings is 9. The topological polar surface area (TPSA) is 6.48 Å². The second-order valence-corrected chi connectivity index (χ2v) is 28.3. The highest BCUT2D eigenvalue weighted by atomic mass is 32.1. The third kappa shape index (κ3) is 7.83. The molecule has 15 rings (SSSR count). The number of nitrogens with zero attached hydrogens (tertiary/aromatic N) is 2. The molecule has 4 aromatic heterocycles. The van der Waals surface area contributed by atoms with E-state index in [1.807, 2.05) is 45.3 Å². The summed E-state index contributed by atoms with van der Waals surface area (Å²) in [5, 5.41) is 9.94. The molecule has 0 aliphatic carbocycles. The maximum absolute atomic E-state index is 2.74. The average Bonchev–Trinajstić information content (AvgIpc) is 4.24. The molecule has 0 fully saturated rings. The SMILES string of the molecule is CC(C)c1cc2c3c(c1)N(c1cc(-c4csc5ccccc45)ccc1-c1ccccc1)c1c(sc4ccc(C(C)(C)C)cc14)B3c1sc3ccc(C(C)(C)C)cc3c1N2c1cc(-c2csc3ccccc23)ccc1-c1ccccc1. The first-order valence-electron chi connectivity index (χ1n) is 28.0. The molecular weight excluding hydrogens is 1040 g/mol. The number of thiophene rings is 4. The van der Waals surface area contributed by atoms with Crippen LogP contribution in [0, 0.1) is 0 Å². The largest absolute Gasteiger partial charge is 0.309 e. The van der Waals surface area contributed by atoms with Crippen LogP contribution in [0.25, 0.3) is 84.9 Å². The molecule has 0 spiro atoms. The van der Waals surface area contributed by atoms with Crippen molar-refractivity contribution >= 4 is 142 Å². The summed E-state index contributed by atoms with van der Waals surface area (Å²) in [5.41, 5.74) is 22.5. The van der Waals surface area contributed by atoms with Crippen LogP contribution in [0.2, 0.25) is 0 Å². The van der Waals surface area contributed by atoms with E-state index in [9.17, 15) is 0 Å². The Morgan fingerprint density at radius 2 is 0.800 bits per heavy atom. The van der Waals surface area contributed by atoms with Crippen LogP contribution in [0.4, 0.5) is 34.1 Å². The number of hydrogen-bond acceptors (Lipinski definition) is 6. The molecule has 2 nitrogen and oxygen atoms in total. The molecule has 0 saturated heterocycles. The normalized spacial score (nSPS) is 13.3. The van der Waals surface area contributed by atoms with Gasteiger partial charge in [-0.2, -0.15) is 0 Å². The van der Waals surface area contributed by atoms with Crippen molar-refractivity contribution in [2.24, 2.45) is 0 Å². The second kappa shape index (κ2) is 18.5. The fraction of sp³-hybridized carbons (Fsp3) is 0.151. The van der Waals surface area contributed by atoms with Crippen LogP contribution in [0.15, 0.2) is 205 Å². The van der Waals surface area contributed by atoms with Crippen molar-refractivity contribution in [2.75, 3.05) is 9.80 Å². The van der Waals surface area contributed by atoms with Crippen molar-refractivity contribution in [1.29, 1.82) is 0 Å². The molecule has 0 radical (unpaired) electrons. The highest BCUT2D eigenvalue weighted by molar-refractivity contribution is 7.40. The van der Waals surface area contributed by atoms with Crippen LogP contribution in [-0.4, -0.2) is 6.71 Å². The van der Waals surface area contributed by atoms with Crippen LogP contribution >= 0.6 is 45.3 Å². The van der Waals surface area contributed by atoms with Crippen LogP contribution in [0.5, 0.6) is 0 Å². The summed E-state index contributed by atoms with van der Waals surface area (Å²) in [7, 11) is 0. The van der Waals surface area contributed by atoms with Crippen molar-refractivity contribution in [2.45, 2.75) is 72.1 Å². The quantitative estimate of drug-likeness (QED) is 0.147. The van der Waals surface area contributed by atoms with Crippen LogP contribution in [0.3, 0.4) is 0 Å². The van der Waals surface area contributed by atoms with E-state index in [0.717, 1.165) is 0 Å². The minimum atomic E-state index is -0.0530. The van der Waals surface area contributed by atoms with Crippen molar-refractivity contribution in [3.8, 4) is 44.5 Å². The predicted octanol–water partition coefficient (Wildman–Crippen LogP) is 21.0. The fourth-order valence-electron chi connectivity index (χ4n) is 12.7. The Balaban J connectivity index is 1.11. The van der Waals surface area contributed by atoms with Crippen LogP contribution < -0.4 is 24.8 Å². The first kappa shape index (κ1) is 49.5. The Labute approximate surface area is 486 Å². The lowest BCUT2D eigenvalue weighted by molar-refractivity contribution is 0.591. The lowest BCUT2D eigenvalue weighted by Crippen LogP contribution is -2.59. The van der Waals surface area contributed by atoms with Crippen LogP contribution in [0.1, 0.15) is 78.0 Å². The molecule has 0 unspecified atom stereocenters. The molecule has 7 heteroatoms. The molecule has 388 valence electrons. The molecule has 0 atom stereocenters. The Bertz CT molecular complexity index is 4330. The van der Waals surface area contributed by atoms with Gasteiger partial charge in [-0.05, 0) is 133 Å². The van der Waals surface area contributed by atoms with Gasteiger partial charge >= 0.3 is 0 Å². The summed E-state index contributed by atoms with van der Waals surface area (Å²) in [4.78, 5) is 5.48. The van der Waals surface area contributed by atoms with E-state index in [4.69, 9.17) is 0 Å². The van der Waals surface area contributed by atoms with Crippen molar-refractivity contribution < 1.29 is 0 Å². The molecule has 2 aliphatic heterocycles. The number of fused-ring (bicyclic) bond motifs is 10. The number of anilines is 6. The molecule has 0 saturated carbocycles. The maximum atomic E-state index is 2.74. The van der Waals surface area contributed by atoms with Crippen molar-refractivity contribution in [3.63, 3.8) is 0 Å². The van der Waals surface area contributed by atoms with Gasteiger partial charge in [-0.15, -0.1) is 45.3 Å². The van der Waals surface area contributed by atoms with E-state index in [1.165, 1.54) is 151 Å². The third-order valence-electron chi connectivity index (χ3n) is 16.9. The summed E-state index contributed by atoms with van der Waals surface area (Å²) >= 11 is 7.67. The summed E-state index contributed by atoms with van der Waals surface area (Å²) in [5.74, 6) is 0.231. The summed E-state index contributed by atoms with van der Waals surface area (Å²) in [6.07, 6.45) is 0. The van der Waals surface area contributed by atoms with Gasteiger partial charge in [0.05, 0.1) is 22.7 Å². The molecule has 6 heterocycles. The first-order chi connectivity index (χ1) is 38.8. The molecule has 0 amide bonds. The summed E-state index contributed by atoms with van der Waals surface area (Å²) in [6.45, 7) is 18.9. The van der Waals surface area contributed by atoms with Gasteiger partial charge in [0.1, 0.15) is 0 Å². The average molecular weight is 1100 g/mol. The number of hydrogen-bond donors (Lipinski definition) is 0. The van der Waals surface area contributed by atoms with Crippen molar-refractivity contribution in [1.82, 2.24) is 0 Å². The smallest absolute Gasteiger partial charge is 0.277 e. The summed E-state index contributed by atoms with van der Waals surface area (Å²) in [6, 6.07) is 74.5. The van der Waals surface area contributed by atoms with E-state index in [1.54, 1.807) is 0 Å². The molecule has 0 N–H and O–H groups in total. The molecule has 9 aromatic carbocycles. The van der Waals surface area contributed by atoms with Gasteiger partial charge in [-0.25, -0.2) is 0 Å². The van der Waals surface area contributed by atoms with Crippen molar-refractivity contribution in [3.05, 3.63) is 222 Å². The minimum absolute atomic E-state index is 0.0296. The predicted molar refractivity (Wildman–Crippen MR) is 355 cm³/mol. The number of rotatable bonds is 7. The van der Waals surface area contributed by atoms with Gasteiger partial charge in [0, 0.05) is 83.5 Å². The molecule has 2 aliphatic rings. The standard InChI is InChI=1S/C73H59BN2S4/c1-43(2)48-37-61-67-62(38-48)76(60-36-47(28-32-52(60)45-21-13-10-14-22-45)58-42-78-64-26-18-16-24-54(58)64)69-56-40-50(73(6,7)8)30-34-66(56)80-71(69)74(67)70-68(55-39-49(72(3,4)5)29-33-65(55)79-70)75(61)59-35-46(27-31-51(59)44-19-11-9-12-20-44)57-41-77-63-25-17-15-23-53(57)63/h9-43H,1-8H3. The Morgan fingerprint density at radius 3 is 1.23 bits per heavy atom.